The van der Waals surface area contributed by atoms with Crippen molar-refractivity contribution in [1.82, 2.24) is 14.3 Å². The Kier molecular flexibility index (Phi) is 3.33. The molecule has 1 aliphatic carbocycles. The Morgan fingerprint density at radius 2 is 1.96 bits per heavy atom. The summed E-state index contributed by atoms with van der Waals surface area (Å²) >= 11 is 0. The molecule has 2 aromatic heterocycles. The molecule has 25 heavy (non-hydrogen) atoms. The molecular weight excluding hydrogens is 335 g/mol. The first kappa shape index (κ1) is 16.2. The summed E-state index contributed by atoms with van der Waals surface area (Å²) in [6.07, 6.45) is -1.66. The number of imidazole rings is 1. The second-order valence-corrected chi connectivity index (χ2v) is 7.16. The summed E-state index contributed by atoms with van der Waals surface area (Å²) in [4.78, 5) is 16.3. The van der Waals surface area contributed by atoms with Gasteiger partial charge in [-0.25, -0.2) is 4.98 Å². The quantitative estimate of drug-likeness (QED) is 0.834. The maximum Gasteiger partial charge on any atom is 0.471 e. The topological polar surface area (TPSA) is 46.8 Å². The number of alkyl halides is 3. The van der Waals surface area contributed by atoms with Crippen LogP contribution in [-0.2, 0) is 4.79 Å². The largest absolute Gasteiger partial charge is 0.489 e. The van der Waals surface area contributed by atoms with Crippen LogP contribution in [0.5, 0.6) is 5.75 Å². The zero-order valence-corrected chi connectivity index (χ0v) is 13.9. The average Bonchev–Trinajstić information content (AvgIpc) is 2.83. The van der Waals surface area contributed by atoms with Crippen LogP contribution >= 0.6 is 0 Å². The smallest absolute Gasteiger partial charge is 0.471 e. The van der Waals surface area contributed by atoms with Crippen LogP contribution in [0.15, 0.2) is 18.3 Å². The minimum absolute atomic E-state index is 0.0249. The van der Waals surface area contributed by atoms with E-state index in [1.165, 1.54) is 0 Å². The van der Waals surface area contributed by atoms with Crippen molar-refractivity contribution < 1.29 is 22.7 Å². The number of carbonyl (C=O) groups is 1. The van der Waals surface area contributed by atoms with E-state index in [2.05, 4.69) is 4.98 Å². The first-order valence-corrected chi connectivity index (χ1v) is 8.15. The Labute approximate surface area is 142 Å². The third-order valence-electron chi connectivity index (χ3n) is 5.26. The number of nitrogens with zero attached hydrogens (tertiary/aromatic N) is 3. The van der Waals surface area contributed by atoms with Crippen LogP contribution in [0.3, 0.4) is 0 Å². The molecule has 3 heterocycles. The third-order valence-corrected chi connectivity index (χ3v) is 5.26. The number of rotatable bonds is 2. The van der Waals surface area contributed by atoms with Crippen LogP contribution < -0.4 is 4.74 Å². The number of likely N-dealkylation sites (tertiary alicyclic amines) is 1. The van der Waals surface area contributed by atoms with E-state index in [0.717, 1.165) is 27.7 Å². The molecule has 5 nitrogen and oxygen atoms in total. The van der Waals surface area contributed by atoms with Crippen LogP contribution in [0, 0.1) is 19.3 Å². The van der Waals surface area contributed by atoms with Gasteiger partial charge in [0.2, 0.25) is 0 Å². The molecule has 8 heteroatoms. The van der Waals surface area contributed by atoms with Gasteiger partial charge in [-0.05, 0) is 38.8 Å². The lowest BCUT2D eigenvalue weighted by Crippen LogP contribution is -2.67. The summed E-state index contributed by atoms with van der Waals surface area (Å²) in [5.41, 5.74) is 1.75. The molecule has 1 saturated heterocycles. The zero-order chi connectivity index (χ0) is 18.0. The van der Waals surface area contributed by atoms with E-state index < -0.39 is 12.1 Å². The molecule has 0 bridgehead atoms. The maximum absolute atomic E-state index is 12.4. The number of hydrogen-bond donors (Lipinski definition) is 0. The Bertz CT molecular complexity index is 845. The van der Waals surface area contributed by atoms with Crippen LogP contribution in [0.25, 0.3) is 5.52 Å². The molecule has 0 radical (unpaired) electrons. The van der Waals surface area contributed by atoms with Crippen LogP contribution in [-0.4, -0.2) is 45.6 Å². The highest BCUT2D eigenvalue weighted by molar-refractivity contribution is 5.82. The highest BCUT2D eigenvalue weighted by Crippen LogP contribution is 2.50. The zero-order valence-electron chi connectivity index (χ0n) is 13.9. The van der Waals surface area contributed by atoms with Crippen molar-refractivity contribution >= 4 is 11.4 Å². The molecule has 0 atom stereocenters. The number of hydrogen-bond acceptors (Lipinski definition) is 3. The van der Waals surface area contributed by atoms with Gasteiger partial charge < -0.3 is 9.64 Å². The number of carbonyl (C=O) groups excluding carboxylic acids is 1. The van der Waals surface area contributed by atoms with Crippen molar-refractivity contribution in [2.24, 2.45) is 5.41 Å². The summed E-state index contributed by atoms with van der Waals surface area (Å²) in [7, 11) is 0. The fourth-order valence-corrected chi connectivity index (χ4v) is 4.05. The standard InChI is InChI=1S/C17H18F3N3O2/c1-10-14(4-3-12-7-21-11(2)23(10)12)25-13-5-16(6-13)8-22(9-16)15(24)17(18,19)20/h3-4,7,13H,5-6,8-9H2,1-2H3. The number of ether oxygens (including phenoxy) is 1. The normalized spacial score (nSPS) is 19.8. The summed E-state index contributed by atoms with van der Waals surface area (Å²) in [5.74, 6) is -0.0984. The molecule has 2 aliphatic rings. The molecule has 2 aromatic rings. The predicted octanol–water partition coefficient (Wildman–Crippen LogP) is 2.88. The predicted molar refractivity (Wildman–Crippen MR) is 83.4 cm³/mol. The molecule has 4 rings (SSSR count). The van der Waals surface area contributed by atoms with Gasteiger partial charge in [0.15, 0.2) is 0 Å². The van der Waals surface area contributed by atoms with Gasteiger partial charge in [0.05, 0.1) is 17.4 Å². The van der Waals surface area contributed by atoms with Gasteiger partial charge >= 0.3 is 12.1 Å². The van der Waals surface area contributed by atoms with Crippen molar-refractivity contribution in [3.63, 3.8) is 0 Å². The van der Waals surface area contributed by atoms with Crippen LogP contribution in [0.4, 0.5) is 13.2 Å². The summed E-state index contributed by atoms with van der Waals surface area (Å²) in [5, 5.41) is 0. The average molecular weight is 353 g/mol. The molecule has 134 valence electrons. The Hall–Kier alpha value is -2.25. The van der Waals surface area contributed by atoms with Gasteiger partial charge in [0.1, 0.15) is 17.7 Å². The fraction of sp³-hybridized carbons (Fsp3) is 0.529. The first-order valence-electron chi connectivity index (χ1n) is 8.15. The molecule has 0 unspecified atom stereocenters. The summed E-state index contributed by atoms with van der Waals surface area (Å²) < 4.78 is 45.3. The van der Waals surface area contributed by atoms with Crippen molar-refractivity contribution in [3.8, 4) is 5.75 Å². The van der Waals surface area contributed by atoms with E-state index in [1.807, 2.05) is 30.4 Å². The number of fused-ring (bicyclic) bond motifs is 1. The highest BCUT2D eigenvalue weighted by atomic mass is 19.4. The SMILES string of the molecule is Cc1ncc2ccc(OC3CC4(C3)CN(C(=O)C(F)(F)F)C4)c(C)n12. The van der Waals surface area contributed by atoms with Crippen molar-refractivity contribution in [1.29, 1.82) is 0 Å². The molecule has 0 aromatic carbocycles. The monoisotopic (exact) mass is 353 g/mol. The molecule has 1 amide bonds. The lowest BCUT2D eigenvalue weighted by Gasteiger charge is -2.58. The van der Waals surface area contributed by atoms with E-state index in [-0.39, 0.29) is 24.6 Å². The van der Waals surface area contributed by atoms with Crippen molar-refractivity contribution in [3.05, 3.63) is 29.8 Å². The number of aryl methyl sites for hydroxylation is 2. The molecule has 0 N–H and O–H groups in total. The van der Waals surface area contributed by atoms with Gasteiger partial charge in [0, 0.05) is 18.5 Å². The lowest BCUT2D eigenvalue weighted by molar-refractivity contribution is -0.205. The Balaban J connectivity index is 1.38. The van der Waals surface area contributed by atoms with Crippen molar-refractivity contribution in [2.45, 2.75) is 39.0 Å². The van der Waals surface area contributed by atoms with Gasteiger partial charge in [-0.15, -0.1) is 0 Å². The fourth-order valence-electron chi connectivity index (χ4n) is 4.05. The van der Waals surface area contributed by atoms with Gasteiger partial charge in [0.25, 0.3) is 0 Å². The lowest BCUT2D eigenvalue weighted by atomic mass is 9.61. The molecule has 2 fully saturated rings. The number of pyridine rings is 1. The molecule has 1 saturated carbocycles. The van der Waals surface area contributed by atoms with Crippen molar-refractivity contribution in [2.75, 3.05) is 13.1 Å². The van der Waals surface area contributed by atoms with E-state index >= 15 is 0 Å². The summed E-state index contributed by atoms with van der Waals surface area (Å²) in [6.45, 7) is 4.22. The van der Waals surface area contributed by atoms with E-state index in [0.29, 0.717) is 12.8 Å². The minimum atomic E-state index is -4.78. The number of aromatic nitrogens is 2. The second kappa shape index (κ2) is 5.12. The Morgan fingerprint density at radius 3 is 2.60 bits per heavy atom. The van der Waals surface area contributed by atoms with E-state index in [1.54, 1.807) is 6.20 Å². The first-order chi connectivity index (χ1) is 11.7. The van der Waals surface area contributed by atoms with Gasteiger partial charge in [-0.3, -0.25) is 9.20 Å². The molecule has 1 aliphatic heterocycles. The third kappa shape index (κ3) is 2.54. The molecular formula is C17H18F3N3O2. The maximum atomic E-state index is 12.4. The van der Waals surface area contributed by atoms with Crippen LogP contribution in [0.1, 0.15) is 24.4 Å². The molecule has 1 spiro atoms. The summed E-state index contributed by atoms with van der Waals surface area (Å²) in [6, 6.07) is 3.83. The Morgan fingerprint density at radius 1 is 1.28 bits per heavy atom. The second-order valence-electron chi connectivity index (χ2n) is 7.16. The van der Waals surface area contributed by atoms with Gasteiger partial charge in [-0.1, -0.05) is 0 Å². The number of amides is 1. The number of halogens is 3. The van der Waals surface area contributed by atoms with E-state index in [9.17, 15) is 18.0 Å². The highest BCUT2D eigenvalue weighted by Gasteiger charge is 2.58. The van der Waals surface area contributed by atoms with E-state index in [4.69, 9.17) is 4.74 Å². The minimum Gasteiger partial charge on any atom is -0.489 e. The van der Waals surface area contributed by atoms with Gasteiger partial charge in [-0.2, -0.15) is 13.2 Å². The van der Waals surface area contributed by atoms with Crippen LogP contribution in [0.2, 0.25) is 0 Å².